The highest BCUT2D eigenvalue weighted by Gasteiger charge is 2.28. The smallest absolute Gasteiger partial charge is 0.387 e. The van der Waals surface area contributed by atoms with Crippen LogP contribution in [0.3, 0.4) is 0 Å². The molecule has 8 nitrogen and oxygen atoms in total. The van der Waals surface area contributed by atoms with Gasteiger partial charge in [0.1, 0.15) is 13.2 Å². The maximum absolute atomic E-state index is 13.0. The Morgan fingerprint density at radius 2 is 0.789 bits per heavy atom. The van der Waals surface area contributed by atoms with Crippen LogP contribution in [-0.4, -0.2) is 73.4 Å². The summed E-state index contributed by atoms with van der Waals surface area (Å²) in [7, 11) is 1.57. The molecule has 3 unspecified atom stereocenters. The van der Waals surface area contributed by atoms with Gasteiger partial charge in [0.25, 0.3) is 0 Å². The number of amides is 1. The van der Waals surface area contributed by atoms with E-state index in [4.69, 9.17) is 9.05 Å². The molecule has 446 valence electrons. The summed E-state index contributed by atoms with van der Waals surface area (Å²) in [5, 5.41) is 14.0. The molecule has 0 rings (SSSR count). The summed E-state index contributed by atoms with van der Waals surface area (Å²) in [6.45, 7) is 4.74. The van der Waals surface area contributed by atoms with Crippen LogP contribution in [0, 0.1) is 0 Å². The van der Waals surface area contributed by atoms with Crippen LogP contribution in [0.2, 0.25) is 0 Å². The SMILES string of the molecule is CC/C=C\C/C=C\C/C=C\C/C=C\CCCCCCCCCCCCC(=O)NC(COP(=O)(O)OCC[N+](C)(C)C)C(O)/C=C/CCCCCCCCCCCCCCCCCCCCCCCCCCCCCCC. The van der Waals surface area contributed by atoms with Crippen molar-refractivity contribution in [3.8, 4) is 0 Å². The number of phosphoric ester groups is 1. The summed E-state index contributed by atoms with van der Waals surface area (Å²) in [5.41, 5.74) is 0. The van der Waals surface area contributed by atoms with Gasteiger partial charge in [-0.25, -0.2) is 4.57 Å². The molecule has 9 heteroatoms. The number of aliphatic hydroxyl groups is 1. The molecule has 76 heavy (non-hydrogen) atoms. The van der Waals surface area contributed by atoms with Crippen LogP contribution < -0.4 is 5.32 Å². The van der Waals surface area contributed by atoms with Crippen LogP contribution in [0.15, 0.2) is 60.8 Å². The first kappa shape index (κ1) is 74.2. The molecule has 3 N–H and O–H groups in total. The lowest BCUT2D eigenvalue weighted by Crippen LogP contribution is -2.45. The van der Waals surface area contributed by atoms with Crippen molar-refractivity contribution < 1.29 is 32.9 Å². The number of hydrogen-bond donors (Lipinski definition) is 3. The standard InChI is InChI=1S/C67H127N2O6P/c1-6-8-10-12-14-16-18-20-22-24-26-28-30-31-32-33-34-35-36-37-39-40-42-44-46-48-50-52-54-56-58-60-66(70)65(64-75-76(72,73)74-63-62-69(3,4)5)68-67(71)61-59-57-55-53-51-49-47-45-43-41-38-29-27-25-23-21-19-17-15-13-11-9-7-2/h9,11,15,17,21,23,27,29,58,60,65-66,70H,6-8,10,12-14,16,18-20,22,24-26,28,30-57,59,61-64H2,1-5H3,(H-,68,71,72,73)/p+1/b11-9-,17-15-,23-21-,29-27-,60-58+. The number of likely N-dealkylation sites (N-methyl/N-ethyl adjacent to an activating group) is 1. The van der Waals surface area contributed by atoms with E-state index in [9.17, 15) is 19.4 Å². The van der Waals surface area contributed by atoms with Crippen LogP contribution >= 0.6 is 7.82 Å². The molecule has 0 heterocycles. The summed E-state index contributed by atoms with van der Waals surface area (Å²) in [6, 6.07) is -0.853. The third kappa shape index (κ3) is 59.9. The quantitative estimate of drug-likeness (QED) is 0.0243. The van der Waals surface area contributed by atoms with E-state index < -0.39 is 20.0 Å². The Morgan fingerprint density at radius 1 is 0.461 bits per heavy atom. The van der Waals surface area contributed by atoms with Crippen LogP contribution in [0.4, 0.5) is 0 Å². The second-order valence-electron chi connectivity index (χ2n) is 23.5. The summed E-state index contributed by atoms with van der Waals surface area (Å²) < 4.78 is 23.8. The normalized spacial score (nSPS) is 14.1. The Hall–Kier alpha value is -1.80. The number of carbonyl (C=O) groups excluding carboxylic acids is 1. The first-order valence-electron chi connectivity index (χ1n) is 32.7. The van der Waals surface area contributed by atoms with E-state index >= 15 is 0 Å². The molecule has 0 spiro atoms. The van der Waals surface area contributed by atoms with Gasteiger partial charge in [0.2, 0.25) is 5.91 Å². The van der Waals surface area contributed by atoms with Gasteiger partial charge in [-0.2, -0.15) is 0 Å². The number of nitrogens with zero attached hydrogens (tertiary/aromatic N) is 1. The zero-order valence-corrected chi connectivity index (χ0v) is 51.9. The Morgan fingerprint density at radius 3 is 1.16 bits per heavy atom. The van der Waals surface area contributed by atoms with Crippen LogP contribution in [-0.2, 0) is 18.4 Å². The Balaban J connectivity index is 4.10. The molecule has 0 aliphatic carbocycles. The molecule has 0 aromatic rings. The van der Waals surface area contributed by atoms with E-state index in [1.807, 2.05) is 27.2 Å². The predicted molar refractivity (Wildman–Crippen MR) is 332 cm³/mol. The van der Waals surface area contributed by atoms with Gasteiger partial charge >= 0.3 is 7.82 Å². The minimum absolute atomic E-state index is 0.0592. The Labute approximate surface area is 472 Å². The number of unbranched alkanes of at least 4 members (excludes halogenated alkanes) is 39. The molecular formula is C67H128N2O6P+. The number of phosphoric acid groups is 1. The zero-order valence-electron chi connectivity index (χ0n) is 51.0. The third-order valence-corrected chi connectivity index (χ3v) is 15.7. The maximum Gasteiger partial charge on any atom is 0.472 e. The van der Waals surface area contributed by atoms with E-state index in [-0.39, 0.29) is 19.1 Å². The Kier molecular flexibility index (Phi) is 56.5. The van der Waals surface area contributed by atoms with Crippen molar-refractivity contribution in [3.63, 3.8) is 0 Å². The number of aliphatic hydroxyl groups excluding tert-OH is 1. The van der Waals surface area contributed by atoms with Gasteiger partial charge in [-0.15, -0.1) is 0 Å². The molecule has 0 saturated carbocycles. The number of allylic oxidation sites excluding steroid dienone is 9. The minimum atomic E-state index is -4.36. The van der Waals surface area contributed by atoms with Crippen molar-refractivity contribution in [1.29, 1.82) is 0 Å². The van der Waals surface area contributed by atoms with E-state index in [2.05, 4.69) is 67.8 Å². The molecule has 0 bridgehead atoms. The molecule has 0 radical (unpaired) electrons. The summed E-state index contributed by atoms with van der Waals surface area (Å²) in [5.74, 6) is -0.180. The summed E-state index contributed by atoms with van der Waals surface area (Å²) in [6.07, 6.45) is 79.2. The summed E-state index contributed by atoms with van der Waals surface area (Å²) in [4.78, 5) is 23.4. The fourth-order valence-electron chi connectivity index (χ4n) is 9.68. The number of carbonyl (C=O) groups is 1. The number of nitrogens with one attached hydrogen (secondary N) is 1. The lowest BCUT2D eigenvalue weighted by molar-refractivity contribution is -0.870. The van der Waals surface area contributed by atoms with Crippen molar-refractivity contribution in [2.45, 2.75) is 321 Å². The average Bonchev–Trinajstić information content (AvgIpc) is 3.38. The van der Waals surface area contributed by atoms with E-state index in [0.717, 1.165) is 64.2 Å². The van der Waals surface area contributed by atoms with Gasteiger partial charge in [-0.3, -0.25) is 13.8 Å². The highest BCUT2D eigenvalue weighted by atomic mass is 31.2. The molecule has 0 saturated heterocycles. The highest BCUT2D eigenvalue weighted by molar-refractivity contribution is 7.47. The third-order valence-electron chi connectivity index (χ3n) is 14.7. The van der Waals surface area contributed by atoms with Crippen molar-refractivity contribution in [2.24, 2.45) is 0 Å². The van der Waals surface area contributed by atoms with Gasteiger partial charge in [-0.1, -0.05) is 306 Å². The lowest BCUT2D eigenvalue weighted by atomic mass is 10.0. The van der Waals surface area contributed by atoms with Crippen LogP contribution in [0.1, 0.15) is 309 Å². The van der Waals surface area contributed by atoms with E-state index in [1.54, 1.807) is 6.08 Å². The molecule has 0 aliphatic rings. The molecular weight excluding hydrogens is 960 g/mol. The Bertz CT molecular complexity index is 1420. The van der Waals surface area contributed by atoms with Gasteiger partial charge in [0, 0.05) is 6.42 Å². The maximum atomic E-state index is 13.0. The van der Waals surface area contributed by atoms with Crippen molar-refractivity contribution in [3.05, 3.63) is 60.8 Å². The number of quaternary nitrogens is 1. The number of hydrogen-bond acceptors (Lipinski definition) is 5. The van der Waals surface area contributed by atoms with Crippen LogP contribution in [0.5, 0.6) is 0 Å². The molecule has 0 fully saturated rings. The van der Waals surface area contributed by atoms with Gasteiger partial charge < -0.3 is 19.8 Å². The predicted octanol–water partition coefficient (Wildman–Crippen LogP) is 20.4. The number of rotatable bonds is 60. The molecule has 0 aromatic heterocycles. The molecule has 3 atom stereocenters. The first-order chi connectivity index (χ1) is 37.0. The van der Waals surface area contributed by atoms with Crippen molar-refractivity contribution in [2.75, 3.05) is 40.9 Å². The average molecular weight is 1090 g/mol. The van der Waals surface area contributed by atoms with Crippen molar-refractivity contribution >= 4 is 13.7 Å². The zero-order chi connectivity index (χ0) is 55.6. The van der Waals surface area contributed by atoms with E-state index in [0.29, 0.717) is 17.4 Å². The highest BCUT2D eigenvalue weighted by Crippen LogP contribution is 2.43. The summed E-state index contributed by atoms with van der Waals surface area (Å²) >= 11 is 0. The van der Waals surface area contributed by atoms with Crippen molar-refractivity contribution in [1.82, 2.24) is 5.32 Å². The molecule has 0 aromatic carbocycles. The second kappa shape index (κ2) is 57.9. The van der Waals surface area contributed by atoms with Gasteiger partial charge in [0.15, 0.2) is 0 Å². The minimum Gasteiger partial charge on any atom is -0.387 e. The lowest BCUT2D eigenvalue weighted by Gasteiger charge is -2.25. The van der Waals surface area contributed by atoms with Gasteiger partial charge in [-0.05, 0) is 57.8 Å². The second-order valence-corrected chi connectivity index (χ2v) is 24.9. The monoisotopic (exact) mass is 1090 g/mol. The molecule has 0 aliphatic heterocycles. The largest absolute Gasteiger partial charge is 0.472 e. The van der Waals surface area contributed by atoms with Gasteiger partial charge in [0.05, 0.1) is 39.9 Å². The molecule has 1 amide bonds. The first-order valence-corrected chi connectivity index (χ1v) is 34.2. The fourth-order valence-corrected chi connectivity index (χ4v) is 10.4. The fraction of sp³-hybridized carbons (Fsp3) is 0.836. The van der Waals surface area contributed by atoms with Crippen LogP contribution in [0.25, 0.3) is 0 Å². The topological polar surface area (TPSA) is 105 Å². The van der Waals surface area contributed by atoms with E-state index in [1.165, 1.54) is 225 Å².